The van der Waals surface area contributed by atoms with E-state index in [0.29, 0.717) is 25.7 Å². The van der Waals surface area contributed by atoms with Gasteiger partial charge in [-0.15, -0.1) is 0 Å². The Morgan fingerprint density at radius 3 is 0.746 bits per heavy atom. The lowest BCUT2D eigenvalue weighted by molar-refractivity contribution is -0.167. The number of carboxylic acids is 1. The summed E-state index contributed by atoms with van der Waals surface area (Å²) in [6, 6.07) is 0. The lowest BCUT2D eigenvalue weighted by Crippen LogP contribution is -2.30. The van der Waals surface area contributed by atoms with Crippen molar-refractivity contribution in [1.82, 2.24) is 0 Å². The van der Waals surface area contributed by atoms with Crippen LogP contribution >= 0.6 is 0 Å². The van der Waals surface area contributed by atoms with E-state index in [4.69, 9.17) is 19.3 Å². The summed E-state index contributed by atoms with van der Waals surface area (Å²) in [6.07, 6.45) is 51.6. The SMILES string of the molecule is CCCCCCCCCCCCCCCC(=O)OCC(COC(=O)CCCCCCCCCCCCCCCCCCC(=O)O)OC(=O)CCCCCCCCCCCCCCC. The topological polar surface area (TPSA) is 116 Å². The Labute approximate surface area is 389 Å². The number of esters is 3. The molecular formula is C55H104O8. The van der Waals surface area contributed by atoms with Gasteiger partial charge in [-0.1, -0.05) is 258 Å². The Bertz CT molecular complexity index is 999. The van der Waals surface area contributed by atoms with Crippen molar-refractivity contribution >= 4 is 23.9 Å². The van der Waals surface area contributed by atoms with Crippen molar-refractivity contribution in [2.24, 2.45) is 0 Å². The Hall–Kier alpha value is -2.12. The van der Waals surface area contributed by atoms with Gasteiger partial charge >= 0.3 is 23.9 Å². The maximum absolute atomic E-state index is 12.8. The minimum Gasteiger partial charge on any atom is -0.481 e. The first-order chi connectivity index (χ1) is 30.9. The van der Waals surface area contributed by atoms with Gasteiger partial charge in [0.05, 0.1) is 0 Å². The van der Waals surface area contributed by atoms with Crippen LogP contribution in [-0.2, 0) is 33.4 Å². The molecule has 1 atom stereocenters. The highest BCUT2D eigenvalue weighted by Crippen LogP contribution is 2.17. The van der Waals surface area contributed by atoms with E-state index in [-0.39, 0.29) is 31.1 Å². The molecule has 0 spiro atoms. The van der Waals surface area contributed by atoms with Gasteiger partial charge in [0.25, 0.3) is 0 Å². The summed E-state index contributed by atoms with van der Waals surface area (Å²) in [5.41, 5.74) is 0. The van der Waals surface area contributed by atoms with Crippen LogP contribution in [0.5, 0.6) is 0 Å². The Balaban J connectivity index is 4.26. The largest absolute Gasteiger partial charge is 0.481 e. The molecule has 1 N–H and O–H groups in total. The third kappa shape index (κ3) is 50.7. The summed E-state index contributed by atoms with van der Waals surface area (Å²) in [7, 11) is 0. The molecule has 0 aromatic carbocycles. The molecule has 0 saturated heterocycles. The van der Waals surface area contributed by atoms with E-state index in [0.717, 1.165) is 77.0 Å². The van der Waals surface area contributed by atoms with Crippen LogP contribution in [0.25, 0.3) is 0 Å². The van der Waals surface area contributed by atoms with Crippen LogP contribution in [0, 0.1) is 0 Å². The number of ether oxygens (including phenoxy) is 3. The van der Waals surface area contributed by atoms with Gasteiger partial charge in [-0.3, -0.25) is 19.2 Å². The highest BCUT2D eigenvalue weighted by atomic mass is 16.6. The fourth-order valence-corrected chi connectivity index (χ4v) is 8.47. The molecule has 8 nitrogen and oxygen atoms in total. The van der Waals surface area contributed by atoms with Crippen LogP contribution in [0.2, 0.25) is 0 Å². The minimum absolute atomic E-state index is 0.0769. The van der Waals surface area contributed by atoms with Crippen molar-refractivity contribution in [2.75, 3.05) is 13.2 Å². The number of hydrogen-bond acceptors (Lipinski definition) is 7. The van der Waals surface area contributed by atoms with Gasteiger partial charge in [0.1, 0.15) is 13.2 Å². The van der Waals surface area contributed by atoms with Crippen molar-refractivity contribution in [2.45, 2.75) is 315 Å². The second kappa shape index (κ2) is 50.9. The summed E-state index contributed by atoms with van der Waals surface area (Å²) < 4.78 is 16.8. The fourth-order valence-electron chi connectivity index (χ4n) is 8.47. The molecule has 1 unspecified atom stereocenters. The highest BCUT2D eigenvalue weighted by molar-refractivity contribution is 5.71. The van der Waals surface area contributed by atoms with E-state index < -0.39 is 12.1 Å². The zero-order valence-corrected chi connectivity index (χ0v) is 41.8. The second-order valence-electron chi connectivity index (χ2n) is 19.0. The first-order valence-corrected chi connectivity index (χ1v) is 27.6. The first-order valence-electron chi connectivity index (χ1n) is 27.6. The van der Waals surface area contributed by atoms with Crippen LogP contribution in [0.4, 0.5) is 0 Å². The van der Waals surface area contributed by atoms with Gasteiger partial charge in [0.15, 0.2) is 6.10 Å². The number of aliphatic carboxylic acids is 1. The number of rotatable bonds is 52. The predicted octanol–water partition coefficient (Wildman–Crippen LogP) is 17.1. The lowest BCUT2D eigenvalue weighted by Gasteiger charge is -2.18. The first kappa shape index (κ1) is 60.9. The summed E-state index contributed by atoms with van der Waals surface area (Å²) in [6.45, 7) is 4.37. The maximum Gasteiger partial charge on any atom is 0.306 e. The van der Waals surface area contributed by atoms with Crippen molar-refractivity contribution in [3.05, 3.63) is 0 Å². The highest BCUT2D eigenvalue weighted by Gasteiger charge is 2.19. The molecule has 0 saturated carbocycles. The molecule has 0 aromatic rings. The number of hydrogen-bond donors (Lipinski definition) is 1. The second-order valence-corrected chi connectivity index (χ2v) is 19.0. The van der Waals surface area contributed by atoms with E-state index >= 15 is 0 Å². The molecule has 0 bridgehead atoms. The molecule has 0 aromatic heterocycles. The van der Waals surface area contributed by atoms with Crippen molar-refractivity contribution in [3.8, 4) is 0 Å². The molecule has 0 radical (unpaired) electrons. The smallest absolute Gasteiger partial charge is 0.306 e. The van der Waals surface area contributed by atoms with Gasteiger partial charge < -0.3 is 19.3 Å². The van der Waals surface area contributed by atoms with Gasteiger partial charge in [-0.25, -0.2) is 0 Å². The lowest BCUT2D eigenvalue weighted by atomic mass is 10.0. The standard InChI is InChI=1S/C55H104O8/c1-3-5-7-9-11-13-15-21-26-30-34-38-42-46-53(58)61-49-51(63-55(60)48-44-40-36-32-28-22-16-14-12-10-8-6-4-2)50-62-54(59)47-43-39-35-31-27-24-20-18-17-19-23-25-29-33-37-41-45-52(56)57/h51H,3-50H2,1-2H3,(H,56,57). The molecule has 0 fully saturated rings. The minimum atomic E-state index is -0.777. The molecule has 0 aliphatic heterocycles. The van der Waals surface area contributed by atoms with Crippen molar-refractivity contribution in [3.63, 3.8) is 0 Å². The van der Waals surface area contributed by atoms with Gasteiger partial charge in [-0.2, -0.15) is 0 Å². The Morgan fingerprint density at radius 2 is 0.508 bits per heavy atom. The molecular weight excluding hydrogens is 789 g/mol. The quantitative estimate of drug-likeness (QED) is 0.0365. The van der Waals surface area contributed by atoms with E-state index in [1.54, 1.807) is 0 Å². The normalized spacial score (nSPS) is 11.8. The zero-order valence-electron chi connectivity index (χ0n) is 41.8. The van der Waals surface area contributed by atoms with E-state index in [2.05, 4.69) is 13.8 Å². The molecule has 0 aliphatic carbocycles. The number of carbonyl (C=O) groups excluding carboxylic acids is 3. The fraction of sp³-hybridized carbons (Fsp3) is 0.927. The third-order valence-electron chi connectivity index (χ3n) is 12.6. The Morgan fingerprint density at radius 1 is 0.302 bits per heavy atom. The number of carboxylic acid groups (broad SMARTS) is 1. The predicted molar refractivity (Wildman–Crippen MR) is 263 cm³/mol. The Kier molecular flexibility index (Phi) is 49.2. The summed E-state index contributed by atoms with van der Waals surface area (Å²) in [5, 5.41) is 8.70. The molecule has 372 valence electrons. The van der Waals surface area contributed by atoms with Crippen LogP contribution in [-0.4, -0.2) is 48.3 Å². The molecule has 63 heavy (non-hydrogen) atoms. The van der Waals surface area contributed by atoms with E-state index in [9.17, 15) is 19.2 Å². The monoisotopic (exact) mass is 893 g/mol. The zero-order chi connectivity index (χ0) is 45.9. The number of carbonyl (C=O) groups is 4. The molecule has 0 rings (SSSR count). The van der Waals surface area contributed by atoms with Crippen LogP contribution in [0.1, 0.15) is 309 Å². The van der Waals surface area contributed by atoms with Gasteiger partial charge in [0, 0.05) is 25.7 Å². The third-order valence-corrected chi connectivity index (χ3v) is 12.6. The van der Waals surface area contributed by atoms with E-state index in [1.165, 1.54) is 193 Å². The van der Waals surface area contributed by atoms with Crippen LogP contribution < -0.4 is 0 Å². The summed E-state index contributed by atoms with van der Waals surface area (Å²) in [4.78, 5) is 48.6. The molecule has 0 heterocycles. The summed E-state index contributed by atoms with van der Waals surface area (Å²) >= 11 is 0. The van der Waals surface area contributed by atoms with Crippen LogP contribution in [0.3, 0.4) is 0 Å². The van der Waals surface area contributed by atoms with Crippen molar-refractivity contribution < 1.29 is 38.5 Å². The maximum atomic E-state index is 12.8. The molecule has 8 heteroatoms. The van der Waals surface area contributed by atoms with E-state index in [1.807, 2.05) is 0 Å². The average molecular weight is 893 g/mol. The van der Waals surface area contributed by atoms with Crippen molar-refractivity contribution in [1.29, 1.82) is 0 Å². The average Bonchev–Trinajstić information content (AvgIpc) is 3.27. The number of unbranched alkanes of at least 4 members (excludes halogenated alkanes) is 39. The molecule has 0 aliphatic rings. The van der Waals surface area contributed by atoms with Crippen LogP contribution in [0.15, 0.2) is 0 Å². The van der Waals surface area contributed by atoms with Gasteiger partial charge in [-0.05, 0) is 25.7 Å². The molecule has 0 amide bonds. The summed E-state index contributed by atoms with van der Waals surface area (Å²) in [5.74, 6) is -1.57. The van der Waals surface area contributed by atoms with Gasteiger partial charge in [0.2, 0.25) is 0 Å².